The molecule has 1 unspecified atom stereocenters. The van der Waals surface area contributed by atoms with Crippen LogP contribution in [-0.4, -0.2) is 32.4 Å². The molecule has 1 atom stereocenters. The van der Waals surface area contributed by atoms with Crippen molar-refractivity contribution < 1.29 is 9.47 Å². The van der Waals surface area contributed by atoms with E-state index in [1.165, 1.54) is 24.8 Å². The number of nitrogens with one attached hydrogen (secondary N) is 1. The van der Waals surface area contributed by atoms with Crippen LogP contribution in [0.5, 0.6) is 5.75 Å². The van der Waals surface area contributed by atoms with Crippen LogP contribution in [0, 0.1) is 0 Å². The van der Waals surface area contributed by atoms with E-state index in [2.05, 4.69) is 24.4 Å². The molecule has 0 bridgehead atoms. The van der Waals surface area contributed by atoms with Crippen molar-refractivity contribution in [2.45, 2.75) is 57.1 Å². The Balaban J connectivity index is 2.04. The largest absolute Gasteiger partial charge is 0.496 e. The molecule has 0 aliphatic heterocycles. The maximum atomic E-state index is 5.81. The Kier molecular flexibility index (Phi) is 6.07. The molecule has 1 aromatic carbocycles. The molecule has 21 heavy (non-hydrogen) atoms. The number of methoxy groups -OCH3 is 2. The van der Waals surface area contributed by atoms with Crippen molar-refractivity contribution in [2.24, 2.45) is 0 Å². The van der Waals surface area contributed by atoms with Crippen LogP contribution < -0.4 is 10.1 Å². The first-order valence-electron chi connectivity index (χ1n) is 8.13. The van der Waals surface area contributed by atoms with Crippen LogP contribution in [-0.2, 0) is 11.2 Å². The number of hydrogen-bond acceptors (Lipinski definition) is 3. The smallest absolute Gasteiger partial charge is 0.122 e. The third-order valence-electron chi connectivity index (χ3n) is 4.66. The normalized spacial score (nSPS) is 18.0. The fraction of sp³-hybridized carbons (Fsp3) is 0.667. The number of hydrogen-bond donors (Lipinski definition) is 1. The summed E-state index contributed by atoms with van der Waals surface area (Å²) in [6, 6.07) is 8.77. The van der Waals surface area contributed by atoms with Crippen LogP contribution in [0.15, 0.2) is 24.3 Å². The molecule has 1 aromatic rings. The van der Waals surface area contributed by atoms with Crippen LogP contribution in [0.1, 0.15) is 44.6 Å². The lowest BCUT2D eigenvalue weighted by Crippen LogP contribution is -2.46. The first-order chi connectivity index (χ1) is 10.2. The van der Waals surface area contributed by atoms with Gasteiger partial charge >= 0.3 is 0 Å². The summed E-state index contributed by atoms with van der Waals surface area (Å²) in [5.41, 5.74) is 1.38. The molecule has 1 saturated carbocycles. The fourth-order valence-corrected chi connectivity index (χ4v) is 3.21. The minimum absolute atomic E-state index is 0.105. The Labute approximate surface area is 129 Å². The van der Waals surface area contributed by atoms with Crippen molar-refractivity contribution in [1.82, 2.24) is 5.32 Å². The van der Waals surface area contributed by atoms with E-state index in [1.807, 2.05) is 19.2 Å². The van der Waals surface area contributed by atoms with Gasteiger partial charge in [-0.1, -0.05) is 25.1 Å². The third kappa shape index (κ3) is 4.21. The molecule has 3 heteroatoms. The fourth-order valence-electron chi connectivity index (χ4n) is 3.21. The van der Waals surface area contributed by atoms with Gasteiger partial charge in [0.1, 0.15) is 5.75 Å². The summed E-state index contributed by atoms with van der Waals surface area (Å²) >= 11 is 0. The van der Waals surface area contributed by atoms with Crippen LogP contribution in [0.4, 0.5) is 0 Å². The monoisotopic (exact) mass is 291 g/mol. The van der Waals surface area contributed by atoms with Crippen molar-refractivity contribution in [3.63, 3.8) is 0 Å². The molecular weight excluding hydrogens is 262 g/mol. The number of ether oxygens (including phenoxy) is 2. The molecule has 3 nitrogen and oxygen atoms in total. The van der Waals surface area contributed by atoms with Gasteiger partial charge in [-0.3, -0.25) is 0 Å². The zero-order valence-electron chi connectivity index (χ0n) is 13.7. The Morgan fingerprint density at radius 2 is 2.00 bits per heavy atom. The highest BCUT2D eigenvalue weighted by Crippen LogP contribution is 2.39. The van der Waals surface area contributed by atoms with Gasteiger partial charge in [-0.2, -0.15) is 0 Å². The lowest BCUT2D eigenvalue weighted by Gasteiger charge is -2.43. The SMILES string of the molecule is CCCNC(Cc1ccccc1OC)CC1(OC)CCC1. The molecular formula is C18H29NO2. The van der Waals surface area contributed by atoms with Gasteiger partial charge in [-0.15, -0.1) is 0 Å². The van der Waals surface area contributed by atoms with Crippen LogP contribution >= 0.6 is 0 Å². The van der Waals surface area contributed by atoms with Gasteiger partial charge in [0.05, 0.1) is 12.7 Å². The molecule has 1 N–H and O–H groups in total. The number of benzene rings is 1. The summed E-state index contributed by atoms with van der Waals surface area (Å²) in [5.74, 6) is 0.987. The van der Waals surface area contributed by atoms with Gasteiger partial charge in [-0.25, -0.2) is 0 Å². The maximum Gasteiger partial charge on any atom is 0.122 e. The molecule has 118 valence electrons. The average molecular weight is 291 g/mol. The Hall–Kier alpha value is -1.06. The summed E-state index contributed by atoms with van der Waals surface area (Å²) in [7, 11) is 3.61. The summed E-state index contributed by atoms with van der Waals surface area (Å²) in [4.78, 5) is 0. The lowest BCUT2D eigenvalue weighted by atomic mass is 9.75. The predicted molar refractivity (Wildman–Crippen MR) is 87.0 cm³/mol. The van der Waals surface area contributed by atoms with Gasteiger partial charge in [0.15, 0.2) is 0 Å². The van der Waals surface area contributed by atoms with Crippen molar-refractivity contribution in [3.8, 4) is 5.75 Å². The molecule has 2 rings (SSSR count). The van der Waals surface area contributed by atoms with Gasteiger partial charge in [0.2, 0.25) is 0 Å². The molecule has 1 aliphatic rings. The van der Waals surface area contributed by atoms with E-state index in [-0.39, 0.29) is 5.60 Å². The van der Waals surface area contributed by atoms with E-state index in [9.17, 15) is 0 Å². The second kappa shape index (κ2) is 7.81. The average Bonchev–Trinajstić information content (AvgIpc) is 2.48. The van der Waals surface area contributed by atoms with Gasteiger partial charge < -0.3 is 14.8 Å². The second-order valence-corrected chi connectivity index (χ2v) is 6.11. The molecule has 0 radical (unpaired) electrons. The molecule has 1 aliphatic carbocycles. The molecule has 0 spiro atoms. The van der Waals surface area contributed by atoms with E-state index in [0.29, 0.717) is 6.04 Å². The summed E-state index contributed by atoms with van der Waals surface area (Å²) in [5, 5.41) is 3.69. The highest BCUT2D eigenvalue weighted by Gasteiger charge is 2.38. The van der Waals surface area contributed by atoms with Crippen molar-refractivity contribution in [3.05, 3.63) is 29.8 Å². The zero-order valence-corrected chi connectivity index (χ0v) is 13.7. The first-order valence-corrected chi connectivity index (χ1v) is 8.13. The first kappa shape index (κ1) is 16.3. The Morgan fingerprint density at radius 3 is 2.57 bits per heavy atom. The molecule has 0 saturated heterocycles. The van der Waals surface area contributed by atoms with Crippen molar-refractivity contribution in [1.29, 1.82) is 0 Å². The van der Waals surface area contributed by atoms with Crippen LogP contribution in [0.3, 0.4) is 0 Å². The molecule has 0 amide bonds. The van der Waals surface area contributed by atoms with E-state index in [4.69, 9.17) is 9.47 Å². The highest BCUT2D eigenvalue weighted by molar-refractivity contribution is 5.34. The standard InChI is InChI=1S/C18H29NO2/c1-4-12-19-16(14-18(21-3)10-7-11-18)13-15-8-5-6-9-17(15)20-2/h5-6,8-9,16,19H,4,7,10-14H2,1-3H3. The topological polar surface area (TPSA) is 30.5 Å². The predicted octanol–water partition coefficient (Wildman–Crippen LogP) is 3.57. The summed E-state index contributed by atoms with van der Waals surface area (Å²) in [6.45, 7) is 3.27. The van der Waals surface area contributed by atoms with Crippen molar-refractivity contribution >= 4 is 0 Å². The van der Waals surface area contributed by atoms with Crippen molar-refractivity contribution in [2.75, 3.05) is 20.8 Å². The van der Waals surface area contributed by atoms with Crippen LogP contribution in [0.25, 0.3) is 0 Å². The van der Waals surface area contributed by atoms with E-state index >= 15 is 0 Å². The lowest BCUT2D eigenvalue weighted by molar-refractivity contribution is -0.0834. The maximum absolute atomic E-state index is 5.81. The minimum atomic E-state index is 0.105. The molecule has 0 heterocycles. The minimum Gasteiger partial charge on any atom is -0.496 e. The Morgan fingerprint density at radius 1 is 1.24 bits per heavy atom. The zero-order chi connectivity index (χ0) is 15.1. The van der Waals surface area contributed by atoms with E-state index in [0.717, 1.165) is 31.6 Å². The summed E-state index contributed by atoms with van der Waals surface area (Å²) < 4.78 is 11.3. The summed E-state index contributed by atoms with van der Waals surface area (Å²) in [6.07, 6.45) is 6.92. The van der Waals surface area contributed by atoms with E-state index < -0.39 is 0 Å². The Bertz CT molecular complexity index is 423. The third-order valence-corrected chi connectivity index (χ3v) is 4.66. The van der Waals surface area contributed by atoms with Gasteiger partial charge in [0, 0.05) is 13.2 Å². The number of rotatable bonds is 9. The molecule has 0 aromatic heterocycles. The second-order valence-electron chi connectivity index (χ2n) is 6.11. The quantitative estimate of drug-likeness (QED) is 0.754. The molecule has 1 fully saturated rings. The van der Waals surface area contributed by atoms with Gasteiger partial charge in [-0.05, 0) is 56.7 Å². The van der Waals surface area contributed by atoms with E-state index in [1.54, 1.807) is 7.11 Å². The highest BCUT2D eigenvalue weighted by atomic mass is 16.5. The number of para-hydroxylation sites is 1. The van der Waals surface area contributed by atoms with Crippen LogP contribution in [0.2, 0.25) is 0 Å². The van der Waals surface area contributed by atoms with Gasteiger partial charge in [0.25, 0.3) is 0 Å².